The standard InChI is InChI=1S/C21H22N2O4S/c1-4-14-7-5-6-8-17(14)27-12-20(24)23-21-22-16(13-28-21)15-9-10-18(25-2)19(11-15)26-3/h5-11,13H,4,12H2,1-3H3,(H,22,23,24). The van der Waals surface area contributed by atoms with Crippen molar-refractivity contribution in [2.45, 2.75) is 13.3 Å². The number of nitrogens with zero attached hydrogens (tertiary/aromatic N) is 1. The largest absolute Gasteiger partial charge is 0.493 e. The highest BCUT2D eigenvalue weighted by atomic mass is 32.1. The maximum atomic E-state index is 12.2. The Kier molecular flexibility index (Phi) is 6.49. The summed E-state index contributed by atoms with van der Waals surface area (Å²) in [6.07, 6.45) is 0.846. The van der Waals surface area contributed by atoms with Crippen molar-refractivity contribution >= 4 is 22.4 Å². The Hall–Kier alpha value is -3.06. The fourth-order valence-electron chi connectivity index (χ4n) is 2.69. The molecule has 3 aromatic rings. The number of aryl methyl sites for hydroxylation is 1. The molecular weight excluding hydrogens is 376 g/mol. The molecule has 0 spiro atoms. The molecule has 0 aliphatic heterocycles. The number of aromatic nitrogens is 1. The van der Waals surface area contributed by atoms with Gasteiger partial charge in [0.1, 0.15) is 5.75 Å². The first kappa shape index (κ1) is 19.7. The van der Waals surface area contributed by atoms with Crippen LogP contribution in [0, 0.1) is 0 Å². The number of amides is 1. The number of carbonyl (C=O) groups is 1. The van der Waals surface area contributed by atoms with Crippen LogP contribution in [-0.2, 0) is 11.2 Å². The summed E-state index contributed by atoms with van der Waals surface area (Å²) in [5, 5.41) is 5.17. The SMILES string of the molecule is CCc1ccccc1OCC(=O)Nc1nc(-c2ccc(OC)c(OC)c2)cs1. The minimum Gasteiger partial charge on any atom is -0.493 e. The summed E-state index contributed by atoms with van der Waals surface area (Å²) in [6, 6.07) is 13.3. The fraction of sp³-hybridized carbons (Fsp3) is 0.238. The van der Waals surface area contributed by atoms with Gasteiger partial charge in [0.25, 0.3) is 5.91 Å². The first-order valence-corrected chi connectivity index (χ1v) is 9.71. The predicted molar refractivity (Wildman–Crippen MR) is 111 cm³/mol. The van der Waals surface area contributed by atoms with Crippen LogP contribution in [0.25, 0.3) is 11.3 Å². The Morgan fingerprint density at radius 2 is 1.86 bits per heavy atom. The molecule has 6 nitrogen and oxygen atoms in total. The number of hydrogen-bond acceptors (Lipinski definition) is 6. The summed E-state index contributed by atoms with van der Waals surface area (Å²) in [5.74, 6) is 1.76. The average Bonchev–Trinajstić information content (AvgIpc) is 3.20. The van der Waals surface area contributed by atoms with Crippen LogP contribution in [0.1, 0.15) is 12.5 Å². The summed E-state index contributed by atoms with van der Waals surface area (Å²) in [5.41, 5.74) is 2.70. The first-order valence-electron chi connectivity index (χ1n) is 8.83. The molecule has 1 heterocycles. The van der Waals surface area contributed by atoms with E-state index in [9.17, 15) is 4.79 Å². The van der Waals surface area contributed by atoms with Crippen molar-refractivity contribution in [2.24, 2.45) is 0 Å². The van der Waals surface area contributed by atoms with Gasteiger partial charge in [0.05, 0.1) is 19.9 Å². The Bertz CT molecular complexity index is 955. The van der Waals surface area contributed by atoms with Crippen molar-refractivity contribution in [3.05, 3.63) is 53.4 Å². The minimum atomic E-state index is -0.251. The summed E-state index contributed by atoms with van der Waals surface area (Å²) in [4.78, 5) is 16.7. The molecule has 0 unspecified atom stereocenters. The van der Waals surface area contributed by atoms with E-state index < -0.39 is 0 Å². The van der Waals surface area contributed by atoms with Gasteiger partial charge in [0.15, 0.2) is 23.2 Å². The van der Waals surface area contributed by atoms with Crippen LogP contribution in [-0.4, -0.2) is 31.7 Å². The second-order valence-electron chi connectivity index (χ2n) is 5.91. The molecule has 146 valence electrons. The molecule has 0 aliphatic carbocycles. The van der Waals surface area contributed by atoms with Gasteiger partial charge in [-0.05, 0) is 36.2 Å². The van der Waals surface area contributed by atoms with Gasteiger partial charge >= 0.3 is 0 Å². The highest BCUT2D eigenvalue weighted by Gasteiger charge is 2.12. The molecule has 1 amide bonds. The number of para-hydroxylation sites is 1. The van der Waals surface area contributed by atoms with Gasteiger partial charge in [-0.25, -0.2) is 4.98 Å². The van der Waals surface area contributed by atoms with E-state index in [-0.39, 0.29) is 12.5 Å². The molecule has 0 saturated heterocycles. The van der Waals surface area contributed by atoms with E-state index in [0.717, 1.165) is 29.0 Å². The van der Waals surface area contributed by atoms with Crippen molar-refractivity contribution < 1.29 is 19.0 Å². The van der Waals surface area contributed by atoms with E-state index in [1.54, 1.807) is 14.2 Å². The molecule has 7 heteroatoms. The van der Waals surface area contributed by atoms with E-state index in [0.29, 0.717) is 16.6 Å². The second kappa shape index (κ2) is 9.23. The third-order valence-corrected chi connectivity index (χ3v) is 4.90. The van der Waals surface area contributed by atoms with E-state index >= 15 is 0 Å². The van der Waals surface area contributed by atoms with Gasteiger partial charge in [0, 0.05) is 10.9 Å². The molecule has 2 aromatic carbocycles. The van der Waals surface area contributed by atoms with Crippen molar-refractivity contribution in [3.8, 4) is 28.5 Å². The number of anilines is 1. The third kappa shape index (κ3) is 4.61. The monoisotopic (exact) mass is 398 g/mol. The van der Waals surface area contributed by atoms with Gasteiger partial charge < -0.3 is 14.2 Å². The summed E-state index contributed by atoms with van der Waals surface area (Å²) in [6.45, 7) is 1.98. The van der Waals surface area contributed by atoms with E-state index in [1.165, 1.54) is 11.3 Å². The lowest BCUT2D eigenvalue weighted by atomic mass is 10.1. The second-order valence-corrected chi connectivity index (χ2v) is 6.76. The topological polar surface area (TPSA) is 69.7 Å². The van der Waals surface area contributed by atoms with Crippen LogP contribution in [0.3, 0.4) is 0 Å². The van der Waals surface area contributed by atoms with Crippen LogP contribution in [0.5, 0.6) is 17.2 Å². The van der Waals surface area contributed by atoms with Crippen molar-refractivity contribution in [2.75, 3.05) is 26.1 Å². The maximum Gasteiger partial charge on any atom is 0.264 e. The average molecular weight is 398 g/mol. The van der Waals surface area contributed by atoms with Gasteiger partial charge in [-0.1, -0.05) is 25.1 Å². The number of hydrogen-bond donors (Lipinski definition) is 1. The van der Waals surface area contributed by atoms with Gasteiger partial charge in [-0.15, -0.1) is 11.3 Å². The lowest BCUT2D eigenvalue weighted by Crippen LogP contribution is -2.20. The maximum absolute atomic E-state index is 12.2. The third-order valence-electron chi connectivity index (χ3n) is 4.14. The number of nitrogens with one attached hydrogen (secondary N) is 1. The Labute approximate surface area is 168 Å². The molecule has 0 saturated carbocycles. The van der Waals surface area contributed by atoms with Crippen molar-refractivity contribution in [3.63, 3.8) is 0 Å². The lowest BCUT2D eigenvalue weighted by molar-refractivity contribution is -0.118. The molecule has 0 aliphatic rings. The highest BCUT2D eigenvalue weighted by Crippen LogP contribution is 2.33. The Balaban J connectivity index is 1.63. The van der Waals surface area contributed by atoms with Crippen molar-refractivity contribution in [1.82, 2.24) is 4.98 Å². The predicted octanol–water partition coefficient (Wildman–Crippen LogP) is 4.41. The lowest BCUT2D eigenvalue weighted by Gasteiger charge is -2.09. The van der Waals surface area contributed by atoms with Crippen LogP contribution in [0.4, 0.5) is 5.13 Å². The van der Waals surface area contributed by atoms with Crippen LogP contribution >= 0.6 is 11.3 Å². The number of benzene rings is 2. The number of carbonyl (C=O) groups excluding carboxylic acids is 1. The number of methoxy groups -OCH3 is 2. The molecule has 0 fully saturated rings. The van der Waals surface area contributed by atoms with Gasteiger partial charge in [-0.3, -0.25) is 10.1 Å². The number of ether oxygens (including phenoxy) is 3. The number of thiazole rings is 1. The van der Waals surface area contributed by atoms with Gasteiger partial charge in [0.2, 0.25) is 0 Å². The fourth-order valence-corrected chi connectivity index (χ4v) is 3.43. The number of rotatable bonds is 8. The summed E-state index contributed by atoms with van der Waals surface area (Å²) >= 11 is 1.35. The Morgan fingerprint density at radius 3 is 2.61 bits per heavy atom. The molecule has 0 atom stereocenters. The molecule has 1 aromatic heterocycles. The summed E-state index contributed by atoms with van der Waals surface area (Å²) in [7, 11) is 3.18. The molecule has 0 bridgehead atoms. The normalized spacial score (nSPS) is 10.4. The summed E-state index contributed by atoms with van der Waals surface area (Å²) < 4.78 is 16.2. The highest BCUT2D eigenvalue weighted by molar-refractivity contribution is 7.14. The smallest absolute Gasteiger partial charge is 0.264 e. The van der Waals surface area contributed by atoms with E-state index in [1.807, 2.05) is 54.8 Å². The molecule has 1 N–H and O–H groups in total. The molecule has 0 radical (unpaired) electrons. The molecule has 3 rings (SSSR count). The zero-order valence-corrected chi connectivity index (χ0v) is 16.8. The Morgan fingerprint density at radius 1 is 1.07 bits per heavy atom. The van der Waals surface area contributed by atoms with E-state index in [2.05, 4.69) is 10.3 Å². The van der Waals surface area contributed by atoms with E-state index in [4.69, 9.17) is 14.2 Å². The molecular formula is C21H22N2O4S. The van der Waals surface area contributed by atoms with Gasteiger partial charge in [-0.2, -0.15) is 0 Å². The zero-order chi connectivity index (χ0) is 19.9. The quantitative estimate of drug-likeness (QED) is 0.609. The van der Waals surface area contributed by atoms with Crippen LogP contribution in [0.15, 0.2) is 47.8 Å². The van der Waals surface area contributed by atoms with Crippen LogP contribution < -0.4 is 19.5 Å². The first-order chi connectivity index (χ1) is 13.6. The zero-order valence-electron chi connectivity index (χ0n) is 16.0. The van der Waals surface area contributed by atoms with Crippen LogP contribution in [0.2, 0.25) is 0 Å². The molecule has 28 heavy (non-hydrogen) atoms. The van der Waals surface area contributed by atoms with Crippen molar-refractivity contribution in [1.29, 1.82) is 0 Å². The minimum absolute atomic E-state index is 0.0672.